The van der Waals surface area contributed by atoms with Crippen molar-refractivity contribution in [2.75, 3.05) is 25.0 Å². The fourth-order valence-electron chi connectivity index (χ4n) is 3.74. The van der Waals surface area contributed by atoms with Crippen LogP contribution in [0.1, 0.15) is 22.3 Å². The van der Waals surface area contributed by atoms with E-state index in [2.05, 4.69) is 64.0 Å². The molecule has 2 N–H and O–H groups in total. The van der Waals surface area contributed by atoms with E-state index >= 15 is 0 Å². The van der Waals surface area contributed by atoms with Gasteiger partial charge in [0.25, 0.3) is 0 Å². The van der Waals surface area contributed by atoms with Crippen LogP contribution < -0.4 is 5.32 Å². The Bertz CT molecular complexity index is 875. The molecule has 0 fully saturated rings. The minimum atomic E-state index is 0.153. The molecule has 1 aliphatic heterocycles. The predicted octanol–water partition coefficient (Wildman–Crippen LogP) is 2.89. The highest BCUT2D eigenvalue weighted by atomic mass is 16.3. The molecule has 0 unspecified atom stereocenters. The summed E-state index contributed by atoms with van der Waals surface area (Å²) in [4.78, 5) is 2.28. The van der Waals surface area contributed by atoms with Gasteiger partial charge in [-0.3, -0.25) is 9.58 Å². The third-order valence-electron chi connectivity index (χ3n) is 5.02. The molecule has 3 aromatic rings. The van der Waals surface area contributed by atoms with E-state index in [4.69, 9.17) is 0 Å². The second kappa shape index (κ2) is 8.37. The maximum Gasteiger partial charge on any atom is 0.0659 e. The smallest absolute Gasteiger partial charge is 0.0659 e. The number of aliphatic hydroxyl groups excluding tert-OH is 1. The summed E-state index contributed by atoms with van der Waals surface area (Å²) in [6.07, 6.45) is 5.13. The van der Waals surface area contributed by atoms with E-state index in [1.165, 1.54) is 27.9 Å². The van der Waals surface area contributed by atoms with Gasteiger partial charge in [-0.25, -0.2) is 0 Å². The lowest BCUT2D eigenvalue weighted by atomic mass is 10.1. The Balaban J connectivity index is 1.44. The first-order valence-electron chi connectivity index (χ1n) is 9.55. The minimum absolute atomic E-state index is 0.153. The van der Waals surface area contributed by atoms with Crippen molar-refractivity contribution < 1.29 is 5.11 Å². The monoisotopic (exact) mass is 362 g/mol. The normalized spacial score (nSPS) is 13.0. The lowest BCUT2D eigenvalue weighted by Gasteiger charge is -2.22. The Kier molecular flexibility index (Phi) is 5.51. The van der Waals surface area contributed by atoms with Crippen LogP contribution in [0.5, 0.6) is 0 Å². The first kappa shape index (κ1) is 17.8. The van der Waals surface area contributed by atoms with Crippen LogP contribution in [0.15, 0.2) is 60.9 Å². The van der Waals surface area contributed by atoms with Crippen molar-refractivity contribution in [2.45, 2.75) is 26.1 Å². The molecule has 5 heteroatoms. The summed E-state index contributed by atoms with van der Waals surface area (Å²) < 4.78 is 1.98. The number of hydrogen-bond acceptors (Lipinski definition) is 4. The van der Waals surface area contributed by atoms with Gasteiger partial charge < -0.3 is 10.4 Å². The zero-order valence-electron chi connectivity index (χ0n) is 15.5. The molecular weight excluding hydrogens is 336 g/mol. The number of aromatic nitrogens is 2. The molecule has 0 radical (unpaired) electrons. The Hall–Kier alpha value is -2.63. The Morgan fingerprint density at radius 1 is 1.04 bits per heavy atom. The van der Waals surface area contributed by atoms with Crippen LogP contribution in [0, 0.1) is 0 Å². The van der Waals surface area contributed by atoms with Crippen LogP contribution in [-0.2, 0) is 26.1 Å². The van der Waals surface area contributed by atoms with Crippen LogP contribution in [-0.4, -0.2) is 39.5 Å². The number of nitrogens with zero attached hydrogens (tertiary/aromatic N) is 3. The standard InChI is InChI=1S/C22H26N4O/c27-12-11-25(17-21-8-4-7-20-9-10-23-22(20)21)14-19-13-24-26(16-19)15-18-5-2-1-3-6-18/h1-8,13,16,23,27H,9-12,14-15,17H2. The summed E-state index contributed by atoms with van der Waals surface area (Å²) >= 11 is 0. The molecule has 0 aliphatic carbocycles. The Morgan fingerprint density at radius 3 is 2.78 bits per heavy atom. The highest BCUT2D eigenvalue weighted by Gasteiger charge is 2.16. The molecule has 1 aromatic heterocycles. The van der Waals surface area contributed by atoms with Crippen molar-refractivity contribution in [1.82, 2.24) is 14.7 Å². The summed E-state index contributed by atoms with van der Waals surface area (Å²) in [5, 5.41) is 17.5. The van der Waals surface area contributed by atoms with Gasteiger partial charge in [-0.05, 0) is 23.1 Å². The van der Waals surface area contributed by atoms with Crippen LogP contribution in [0.3, 0.4) is 0 Å². The Labute approximate surface area is 160 Å². The molecule has 140 valence electrons. The molecule has 5 nitrogen and oxygen atoms in total. The molecule has 0 spiro atoms. The Morgan fingerprint density at radius 2 is 1.93 bits per heavy atom. The quantitative estimate of drug-likeness (QED) is 0.647. The molecule has 0 saturated heterocycles. The van der Waals surface area contributed by atoms with Gasteiger partial charge in [-0.2, -0.15) is 5.10 Å². The van der Waals surface area contributed by atoms with E-state index < -0.39 is 0 Å². The number of rotatable bonds is 8. The van der Waals surface area contributed by atoms with Gasteiger partial charge in [0.1, 0.15) is 0 Å². The van der Waals surface area contributed by atoms with Gasteiger partial charge in [0.2, 0.25) is 0 Å². The maximum absolute atomic E-state index is 9.51. The van der Waals surface area contributed by atoms with Crippen molar-refractivity contribution >= 4 is 5.69 Å². The van der Waals surface area contributed by atoms with E-state index in [0.29, 0.717) is 6.54 Å². The highest BCUT2D eigenvalue weighted by molar-refractivity contribution is 5.61. The number of fused-ring (bicyclic) bond motifs is 1. The summed E-state index contributed by atoms with van der Waals surface area (Å²) in [7, 11) is 0. The van der Waals surface area contributed by atoms with E-state index in [9.17, 15) is 5.11 Å². The molecule has 1 aliphatic rings. The third-order valence-corrected chi connectivity index (χ3v) is 5.02. The molecule has 4 rings (SSSR count). The number of para-hydroxylation sites is 1. The van der Waals surface area contributed by atoms with Gasteiger partial charge in [0, 0.05) is 43.6 Å². The predicted molar refractivity (Wildman–Crippen MR) is 108 cm³/mol. The van der Waals surface area contributed by atoms with E-state index in [-0.39, 0.29) is 6.61 Å². The fourth-order valence-corrected chi connectivity index (χ4v) is 3.74. The van der Waals surface area contributed by atoms with Gasteiger partial charge in [-0.15, -0.1) is 0 Å². The minimum Gasteiger partial charge on any atom is -0.395 e. The second-order valence-electron chi connectivity index (χ2n) is 7.09. The number of nitrogens with one attached hydrogen (secondary N) is 1. The summed E-state index contributed by atoms with van der Waals surface area (Å²) in [6, 6.07) is 16.9. The fraction of sp³-hybridized carbons (Fsp3) is 0.318. The van der Waals surface area contributed by atoms with Crippen molar-refractivity contribution in [1.29, 1.82) is 0 Å². The van der Waals surface area contributed by atoms with Crippen LogP contribution in [0.25, 0.3) is 0 Å². The first-order valence-corrected chi connectivity index (χ1v) is 9.55. The lowest BCUT2D eigenvalue weighted by molar-refractivity contribution is 0.184. The van der Waals surface area contributed by atoms with Crippen molar-refractivity contribution in [3.8, 4) is 0 Å². The molecular formula is C22H26N4O. The van der Waals surface area contributed by atoms with E-state index in [1.54, 1.807) is 0 Å². The van der Waals surface area contributed by atoms with Crippen molar-refractivity contribution in [3.05, 3.63) is 83.2 Å². The summed E-state index contributed by atoms with van der Waals surface area (Å²) in [6.45, 7) is 4.18. The van der Waals surface area contributed by atoms with E-state index in [0.717, 1.165) is 32.6 Å². The van der Waals surface area contributed by atoms with Gasteiger partial charge in [0.15, 0.2) is 0 Å². The average Bonchev–Trinajstić information content (AvgIpc) is 3.33. The second-order valence-corrected chi connectivity index (χ2v) is 7.09. The molecule has 0 bridgehead atoms. The molecule has 2 aromatic carbocycles. The molecule has 0 saturated carbocycles. The lowest BCUT2D eigenvalue weighted by Crippen LogP contribution is -2.26. The number of hydrogen-bond donors (Lipinski definition) is 2. The first-order chi connectivity index (χ1) is 13.3. The zero-order valence-corrected chi connectivity index (χ0v) is 15.5. The van der Waals surface area contributed by atoms with Gasteiger partial charge >= 0.3 is 0 Å². The maximum atomic E-state index is 9.51. The van der Waals surface area contributed by atoms with E-state index in [1.807, 2.05) is 16.9 Å². The molecule has 0 atom stereocenters. The van der Waals surface area contributed by atoms with Crippen LogP contribution in [0.2, 0.25) is 0 Å². The van der Waals surface area contributed by atoms with Crippen molar-refractivity contribution in [3.63, 3.8) is 0 Å². The molecule has 27 heavy (non-hydrogen) atoms. The molecule has 0 amide bonds. The van der Waals surface area contributed by atoms with Crippen LogP contribution >= 0.6 is 0 Å². The van der Waals surface area contributed by atoms with Crippen LogP contribution in [0.4, 0.5) is 5.69 Å². The average molecular weight is 362 g/mol. The van der Waals surface area contributed by atoms with Crippen molar-refractivity contribution in [2.24, 2.45) is 0 Å². The largest absolute Gasteiger partial charge is 0.395 e. The topological polar surface area (TPSA) is 53.3 Å². The highest BCUT2D eigenvalue weighted by Crippen LogP contribution is 2.27. The SMILES string of the molecule is OCCN(Cc1cnn(Cc2ccccc2)c1)Cc1cccc2c1NCC2. The molecule has 2 heterocycles. The van der Waals surface area contributed by atoms with Gasteiger partial charge in [-0.1, -0.05) is 48.5 Å². The summed E-state index contributed by atoms with van der Waals surface area (Å²) in [5.74, 6) is 0. The van der Waals surface area contributed by atoms with Gasteiger partial charge in [0.05, 0.1) is 19.3 Å². The number of aliphatic hydroxyl groups is 1. The number of benzene rings is 2. The number of anilines is 1. The third kappa shape index (κ3) is 4.38. The summed E-state index contributed by atoms with van der Waals surface area (Å²) in [5.41, 5.74) is 6.38. The zero-order chi connectivity index (χ0) is 18.5.